The summed E-state index contributed by atoms with van der Waals surface area (Å²) in [7, 11) is 0.589. The van der Waals surface area contributed by atoms with E-state index in [9.17, 15) is 10.2 Å². The molecular formula is C64H116O12Si2. The number of benzene rings is 4. The molecule has 0 radical (unpaired) electrons. The molecule has 2 saturated heterocycles. The molecule has 14 heteroatoms. The smallest absolute Gasteiger partial charge is 0.186 e. The lowest BCUT2D eigenvalue weighted by Gasteiger charge is -2.19. The van der Waals surface area contributed by atoms with Gasteiger partial charge in [0.05, 0.1) is 26.4 Å². The van der Waals surface area contributed by atoms with Crippen molar-refractivity contribution in [2.75, 3.05) is 80.3 Å². The summed E-state index contributed by atoms with van der Waals surface area (Å²) in [4.78, 5) is 0. The van der Waals surface area contributed by atoms with Crippen LogP contribution in [0.1, 0.15) is 122 Å². The zero-order chi connectivity index (χ0) is 59.6. The Morgan fingerprint density at radius 1 is 0.423 bits per heavy atom. The van der Waals surface area contributed by atoms with Crippen LogP contribution in [0, 0.1) is 0 Å². The predicted octanol–water partition coefficient (Wildman–Crippen LogP) is 16.0. The van der Waals surface area contributed by atoms with E-state index in [0.29, 0.717) is 51.8 Å². The highest BCUT2D eigenvalue weighted by Crippen LogP contribution is 2.16. The average Bonchev–Trinajstić information content (AvgIpc) is 4.42. The maximum Gasteiger partial charge on any atom is 0.186 e. The molecule has 4 aromatic carbocycles. The molecule has 4 unspecified atom stereocenters. The van der Waals surface area contributed by atoms with E-state index < -0.39 is 28.8 Å². The molecule has 78 heavy (non-hydrogen) atoms. The minimum atomic E-state index is -1.48. The predicted molar refractivity (Wildman–Crippen MR) is 335 cm³/mol. The minimum absolute atomic E-state index is 0.252. The number of hydrogen-bond donors (Lipinski definition) is 2. The van der Waals surface area contributed by atoms with Crippen molar-refractivity contribution in [3.05, 3.63) is 121 Å². The molecule has 0 amide bonds. The van der Waals surface area contributed by atoms with Crippen molar-refractivity contribution < 1.29 is 57.0 Å². The Morgan fingerprint density at radius 3 is 0.872 bits per heavy atom. The summed E-state index contributed by atoms with van der Waals surface area (Å²) in [6.45, 7) is 39.3. The van der Waals surface area contributed by atoms with Gasteiger partial charge in [-0.2, -0.15) is 0 Å². The van der Waals surface area contributed by atoms with Crippen molar-refractivity contribution in [2.45, 2.75) is 184 Å². The fraction of sp³-hybridized carbons (Fsp3) is 0.625. The van der Waals surface area contributed by atoms with E-state index in [1.165, 1.54) is 25.7 Å². The Bertz CT molecular complexity index is 1570. The van der Waals surface area contributed by atoms with E-state index in [1.807, 2.05) is 149 Å². The SMILES string of the molecule is CC.CC.CCC.CCC.CCC.CCC.CO[Si](C)(C)CCCOCC(O)COc1ccccc1.CO[Si](C)(C)CCCOCC(O)COc1ccccc1.c1ccc(OCC2CO2)cc1.c1ccc(OCC2CO2)cc1. The van der Waals surface area contributed by atoms with E-state index in [0.717, 1.165) is 61.1 Å². The highest BCUT2D eigenvalue weighted by atomic mass is 28.4. The molecule has 6 rings (SSSR count). The lowest BCUT2D eigenvalue weighted by Crippen LogP contribution is -2.29. The van der Waals surface area contributed by atoms with Crippen LogP contribution in [0.15, 0.2) is 121 Å². The van der Waals surface area contributed by atoms with Crippen molar-refractivity contribution in [2.24, 2.45) is 0 Å². The van der Waals surface area contributed by atoms with Gasteiger partial charge in [0.1, 0.15) is 73.8 Å². The zero-order valence-corrected chi connectivity index (χ0v) is 54.6. The first-order valence-corrected chi connectivity index (χ1v) is 35.4. The Morgan fingerprint density at radius 2 is 0.654 bits per heavy atom. The Hall–Kier alpha value is -3.81. The summed E-state index contributed by atoms with van der Waals surface area (Å²) < 4.78 is 53.6. The molecule has 452 valence electrons. The number of para-hydroxylation sites is 4. The third kappa shape index (κ3) is 59.8. The lowest BCUT2D eigenvalue weighted by molar-refractivity contribution is 0.0121. The first-order valence-electron chi connectivity index (χ1n) is 29.2. The lowest BCUT2D eigenvalue weighted by atomic mass is 10.3. The van der Waals surface area contributed by atoms with Gasteiger partial charge in [-0.3, -0.25) is 0 Å². The van der Waals surface area contributed by atoms with Crippen LogP contribution in [0.5, 0.6) is 23.0 Å². The second-order valence-corrected chi connectivity index (χ2v) is 27.7. The molecule has 0 aliphatic carbocycles. The van der Waals surface area contributed by atoms with Gasteiger partial charge in [0.25, 0.3) is 0 Å². The summed E-state index contributed by atoms with van der Waals surface area (Å²) in [6, 6.07) is 40.6. The van der Waals surface area contributed by atoms with Gasteiger partial charge >= 0.3 is 0 Å². The van der Waals surface area contributed by atoms with E-state index >= 15 is 0 Å². The topological polar surface area (TPSA) is 139 Å². The van der Waals surface area contributed by atoms with Crippen LogP contribution >= 0.6 is 0 Å². The summed E-state index contributed by atoms with van der Waals surface area (Å²) in [5.41, 5.74) is 0. The number of aliphatic hydroxyl groups excluding tert-OH is 2. The number of hydrogen-bond acceptors (Lipinski definition) is 12. The van der Waals surface area contributed by atoms with Crippen molar-refractivity contribution in [1.29, 1.82) is 0 Å². The largest absolute Gasteiger partial charge is 0.491 e. The second kappa shape index (κ2) is 59.3. The summed E-state index contributed by atoms with van der Waals surface area (Å²) >= 11 is 0. The van der Waals surface area contributed by atoms with Crippen molar-refractivity contribution in [1.82, 2.24) is 0 Å². The fourth-order valence-electron chi connectivity index (χ4n) is 5.10. The number of aliphatic hydroxyl groups is 2. The van der Waals surface area contributed by atoms with E-state index in [1.54, 1.807) is 14.2 Å². The van der Waals surface area contributed by atoms with Gasteiger partial charge in [-0.15, -0.1) is 0 Å². The van der Waals surface area contributed by atoms with Gasteiger partial charge in [-0.1, -0.05) is 182 Å². The van der Waals surface area contributed by atoms with Crippen molar-refractivity contribution >= 4 is 16.6 Å². The summed E-state index contributed by atoms with van der Waals surface area (Å²) in [5.74, 6) is 3.37. The van der Waals surface area contributed by atoms with Crippen LogP contribution in [-0.4, -0.2) is 132 Å². The highest BCUT2D eigenvalue weighted by Gasteiger charge is 2.24. The van der Waals surface area contributed by atoms with E-state index in [2.05, 4.69) is 81.6 Å². The molecule has 0 bridgehead atoms. The standard InChI is InChI=1S/2C15H26O4Si.2C9H10O2.4C3H8.2C2H6/c2*1-17-20(2,3)11-7-10-18-12-14(16)13-19-15-8-5-4-6-9-15;2*1-2-4-8(5-3-1)10-6-9-7-11-9;4*1-3-2;2*1-2/h2*4-6,8-9,14,16H,7,10-13H2,1-3H3;2*1-5,9H,6-7H2;4*3H2,1-2H3;2*1-2H3. The van der Waals surface area contributed by atoms with Crippen LogP contribution in [0.4, 0.5) is 0 Å². The molecule has 2 aliphatic heterocycles. The Labute approximate surface area is 480 Å². The maximum absolute atomic E-state index is 9.75. The number of ether oxygens (including phenoxy) is 8. The first-order chi connectivity index (χ1) is 37.6. The normalized spacial score (nSPS) is 13.8. The molecule has 0 aromatic heterocycles. The highest BCUT2D eigenvalue weighted by molar-refractivity contribution is 6.71. The molecule has 0 saturated carbocycles. The van der Waals surface area contributed by atoms with Gasteiger partial charge < -0.3 is 57.0 Å². The molecule has 2 N–H and O–H groups in total. The van der Waals surface area contributed by atoms with Gasteiger partial charge in [0.15, 0.2) is 16.6 Å². The van der Waals surface area contributed by atoms with Crippen LogP contribution in [0.25, 0.3) is 0 Å². The van der Waals surface area contributed by atoms with Crippen LogP contribution < -0.4 is 18.9 Å². The average molecular weight is 1130 g/mol. The summed E-state index contributed by atoms with van der Waals surface area (Å²) in [6.07, 6.45) is 6.44. The van der Waals surface area contributed by atoms with Gasteiger partial charge in [0, 0.05) is 27.4 Å². The molecule has 2 fully saturated rings. The third-order valence-electron chi connectivity index (χ3n) is 9.39. The van der Waals surface area contributed by atoms with Crippen molar-refractivity contribution in [3.8, 4) is 23.0 Å². The monoisotopic (exact) mass is 1130 g/mol. The fourth-order valence-corrected chi connectivity index (χ4v) is 7.50. The van der Waals surface area contributed by atoms with E-state index in [-0.39, 0.29) is 13.2 Å². The molecule has 12 nitrogen and oxygen atoms in total. The summed E-state index contributed by atoms with van der Waals surface area (Å²) in [5, 5.41) is 19.5. The molecule has 4 atom stereocenters. The maximum atomic E-state index is 9.75. The van der Waals surface area contributed by atoms with Crippen molar-refractivity contribution in [3.63, 3.8) is 0 Å². The molecule has 0 spiro atoms. The molecule has 4 aromatic rings. The number of epoxide rings is 2. The minimum Gasteiger partial charge on any atom is -0.491 e. The zero-order valence-electron chi connectivity index (χ0n) is 52.6. The molecular weight excluding hydrogens is 1020 g/mol. The van der Waals surface area contributed by atoms with Gasteiger partial charge in [-0.25, -0.2) is 0 Å². The number of rotatable bonds is 26. The van der Waals surface area contributed by atoms with Crippen LogP contribution in [-0.2, 0) is 27.8 Å². The second-order valence-electron chi connectivity index (χ2n) is 18.8. The Balaban J connectivity index is -0.000000437. The van der Waals surface area contributed by atoms with Crippen LogP contribution in [0.3, 0.4) is 0 Å². The Kier molecular flexibility index (Phi) is 61.4. The van der Waals surface area contributed by atoms with Gasteiger partial charge in [0.2, 0.25) is 0 Å². The molecule has 2 heterocycles. The van der Waals surface area contributed by atoms with Gasteiger partial charge in [-0.05, 0) is 99.6 Å². The van der Waals surface area contributed by atoms with E-state index in [4.69, 9.17) is 46.7 Å². The molecule has 2 aliphatic rings. The first kappa shape index (κ1) is 80.7. The van der Waals surface area contributed by atoms with Crippen LogP contribution in [0.2, 0.25) is 38.3 Å². The quantitative estimate of drug-likeness (QED) is 0.0351. The third-order valence-corrected chi connectivity index (χ3v) is 14.7.